The van der Waals surface area contributed by atoms with E-state index in [1.807, 2.05) is 35.7 Å². The van der Waals surface area contributed by atoms with Crippen LogP contribution in [0.25, 0.3) is 16.9 Å². The normalized spacial score (nSPS) is 11.6. The number of aryl methyl sites for hydroxylation is 3. The first kappa shape index (κ1) is 13.2. The van der Waals surface area contributed by atoms with Crippen molar-refractivity contribution >= 4 is 22.8 Å². The Morgan fingerprint density at radius 1 is 1.30 bits per heavy atom. The molecular weight excluding hydrogens is 276 g/mol. The van der Waals surface area contributed by atoms with Crippen LogP contribution in [0.1, 0.15) is 24.9 Å². The second-order valence-electron chi connectivity index (χ2n) is 4.86. The summed E-state index contributed by atoms with van der Waals surface area (Å²) in [5, 5.41) is 8.79. The Labute approximate surface area is 122 Å². The van der Waals surface area contributed by atoms with Gasteiger partial charge >= 0.3 is 0 Å². The van der Waals surface area contributed by atoms with Gasteiger partial charge in [0.2, 0.25) is 0 Å². The molecule has 3 aromatic rings. The van der Waals surface area contributed by atoms with E-state index in [1.54, 1.807) is 4.68 Å². The molecule has 3 aromatic heterocycles. The topological polar surface area (TPSA) is 53.5 Å². The van der Waals surface area contributed by atoms with E-state index in [2.05, 4.69) is 22.1 Å². The molecule has 0 unspecified atom stereocenters. The summed E-state index contributed by atoms with van der Waals surface area (Å²) < 4.78 is 5.67. The quantitative estimate of drug-likeness (QED) is 0.693. The molecule has 0 bridgehead atoms. The molecule has 0 amide bonds. The average molecular weight is 293 g/mol. The van der Waals surface area contributed by atoms with Gasteiger partial charge in [-0.05, 0) is 6.42 Å². The zero-order chi connectivity index (χ0) is 14.3. The molecule has 20 heavy (non-hydrogen) atoms. The number of imidazole rings is 1. The fourth-order valence-corrected chi connectivity index (χ4v) is 2.69. The molecule has 3 heterocycles. The van der Waals surface area contributed by atoms with Crippen LogP contribution in [0.15, 0.2) is 12.4 Å². The fraction of sp³-hybridized carbons (Fsp3) is 0.462. The first-order chi connectivity index (χ1) is 9.65. The molecule has 0 radical (unpaired) electrons. The lowest BCUT2D eigenvalue weighted by molar-refractivity contribution is 0.731. The van der Waals surface area contributed by atoms with Crippen LogP contribution < -0.4 is 0 Å². The smallest absolute Gasteiger partial charge is 0.163 e. The van der Waals surface area contributed by atoms with E-state index in [4.69, 9.17) is 11.6 Å². The van der Waals surface area contributed by atoms with E-state index in [0.29, 0.717) is 5.88 Å². The van der Waals surface area contributed by atoms with E-state index in [9.17, 15) is 0 Å². The van der Waals surface area contributed by atoms with Crippen LogP contribution in [0.5, 0.6) is 0 Å². The Bertz CT molecular complexity index is 750. The zero-order valence-electron chi connectivity index (χ0n) is 11.8. The molecule has 0 fully saturated rings. The van der Waals surface area contributed by atoms with Crippen LogP contribution in [0.3, 0.4) is 0 Å². The monoisotopic (exact) mass is 292 g/mol. The van der Waals surface area contributed by atoms with Gasteiger partial charge in [0.25, 0.3) is 0 Å². The molecule has 0 aromatic carbocycles. The number of hydrogen-bond donors (Lipinski definition) is 0. The maximum atomic E-state index is 6.06. The summed E-state index contributed by atoms with van der Waals surface area (Å²) in [6, 6.07) is 0. The van der Waals surface area contributed by atoms with E-state index < -0.39 is 0 Å². The van der Waals surface area contributed by atoms with Crippen molar-refractivity contribution in [3.8, 4) is 5.69 Å². The third-order valence-corrected chi connectivity index (χ3v) is 3.57. The Hall–Kier alpha value is -1.82. The molecule has 3 rings (SSSR count). The summed E-state index contributed by atoms with van der Waals surface area (Å²) in [5.41, 5.74) is 3.89. The van der Waals surface area contributed by atoms with E-state index in [0.717, 1.165) is 41.2 Å². The first-order valence-corrected chi connectivity index (χ1v) is 7.17. The van der Waals surface area contributed by atoms with Gasteiger partial charge in [-0.3, -0.25) is 9.25 Å². The predicted molar refractivity (Wildman–Crippen MR) is 78.2 cm³/mol. The van der Waals surface area contributed by atoms with Crippen molar-refractivity contribution in [2.45, 2.75) is 25.6 Å². The lowest BCUT2D eigenvalue weighted by Crippen LogP contribution is -2.03. The van der Waals surface area contributed by atoms with Gasteiger partial charge in [0.15, 0.2) is 5.65 Å². The van der Waals surface area contributed by atoms with Gasteiger partial charge in [0, 0.05) is 20.3 Å². The Balaban J connectivity index is 2.29. The van der Waals surface area contributed by atoms with Crippen LogP contribution in [0, 0.1) is 0 Å². The maximum Gasteiger partial charge on any atom is 0.163 e. The van der Waals surface area contributed by atoms with Crippen LogP contribution in [0.4, 0.5) is 0 Å². The molecule has 0 aliphatic rings. The number of hydrogen-bond acceptors (Lipinski definition) is 3. The van der Waals surface area contributed by atoms with E-state index in [-0.39, 0.29) is 0 Å². The number of rotatable bonds is 4. The van der Waals surface area contributed by atoms with Crippen molar-refractivity contribution in [2.24, 2.45) is 14.1 Å². The van der Waals surface area contributed by atoms with Crippen molar-refractivity contribution in [1.29, 1.82) is 0 Å². The fourth-order valence-electron chi connectivity index (χ4n) is 2.51. The van der Waals surface area contributed by atoms with E-state index >= 15 is 0 Å². The summed E-state index contributed by atoms with van der Waals surface area (Å²) in [6.07, 6.45) is 5.72. The second-order valence-corrected chi connectivity index (χ2v) is 5.13. The molecule has 0 aliphatic heterocycles. The number of fused-ring (bicyclic) bond motifs is 1. The van der Waals surface area contributed by atoms with Crippen molar-refractivity contribution in [2.75, 3.05) is 0 Å². The zero-order valence-corrected chi connectivity index (χ0v) is 12.6. The minimum absolute atomic E-state index is 0.356. The molecular formula is C13H17ClN6. The first-order valence-electron chi connectivity index (χ1n) is 6.63. The van der Waals surface area contributed by atoms with Crippen molar-refractivity contribution < 1.29 is 0 Å². The van der Waals surface area contributed by atoms with Crippen LogP contribution in [-0.4, -0.2) is 29.1 Å². The van der Waals surface area contributed by atoms with Crippen molar-refractivity contribution in [3.05, 3.63) is 23.9 Å². The maximum absolute atomic E-state index is 6.06. The number of halogens is 1. The minimum Gasteiger partial charge on any atom is -0.277 e. The summed E-state index contributed by atoms with van der Waals surface area (Å²) >= 11 is 6.06. The number of alkyl halides is 1. The predicted octanol–water partition coefficient (Wildman–Crippen LogP) is 2.18. The summed E-state index contributed by atoms with van der Waals surface area (Å²) in [7, 11) is 3.83. The highest BCUT2D eigenvalue weighted by atomic mass is 35.5. The van der Waals surface area contributed by atoms with Gasteiger partial charge in [0.05, 0.1) is 23.5 Å². The largest absolute Gasteiger partial charge is 0.277 e. The van der Waals surface area contributed by atoms with E-state index in [1.165, 1.54) is 0 Å². The molecule has 0 aliphatic carbocycles. The van der Waals surface area contributed by atoms with Crippen molar-refractivity contribution in [1.82, 2.24) is 29.1 Å². The van der Waals surface area contributed by atoms with Gasteiger partial charge in [0.1, 0.15) is 11.3 Å². The van der Waals surface area contributed by atoms with Crippen LogP contribution >= 0.6 is 11.6 Å². The lowest BCUT2D eigenvalue weighted by atomic mass is 10.2. The molecule has 7 heteroatoms. The lowest BCUT2D eigenvalue weighted by Gasteiger charge is -2.04. The highest BCUT2D eigenvalue weighted by Gasteiger charge is 2.20. The summed E-state index contributed by atoms with van der Waals surface area (Å²) in [5.74, 6) is 1.18. The molecule has 0 N–H and O–H groups in total. The molecule has 106 valence electrons. The highest BCUT2D eigenvalue weighted by molar-refractivity contribution is 6.17. The Kier molecular flexibility index (Phi) is 3.25. The summed E-state index contributed by atoms with van der Waals surface area (Å²) in [6.45, 7) is 2.14. The van der Waals surface area contributed by atoms with Gasteiger partial charge in [-0.15, -0.1) is 11.6 Å². The van der Waals surface area contributed by atoms with Gasteiger partial charge in [-0.25, -0.2) is 9.67 Å². The van der Waals surface area contributed by atoms with Gasteiger partial charge in [-0.1, -0.05) is 13.3 Å². The van der Waals surface area contributed by atoms with Crippen LogP contribution in [-0.2, 0) is 26.4 Å². The molecule has 0 atom stereocenters. The van der Waals surface area contributed by atoms with Gasteiger partial charge < -0.3 is 0 Å². The standard InChI is InChI=1S/C13H17ClN6/c1-4-5-10-12-13(19(3)17-10)20(11(6-14)16-12)9-7-15-18(2)8-9/h7-8H,4-6H2,1-3H3. The minimum atomic E-state index is 0.356. The molecule has 0 spiro atoms. The third kappa shape index (κ3) is 1.91. The SMILES string of the molecule is CCCc1nn(C)c2c1nc(CCl)n2-c1cnn(C)c1. The Morgan fingerprint density at radius 2 is 2.10 bits per heavy atom. The van der Waals surface area contributed by atoms with Crippen LogP contribution in [0.2, 0.25) is 0 Å². The summed E-state index contributed by atoms with van der Waals surface area (Å²) in [4.78, 5) is 4.67. The Morgan fingerprint density at radius 3 is 2.70 bits per heavy atom. The third-order valence-electron chi connectivity index (χ3n) is 3.33. The average Bonchev–Trinajstić information content (AvgIpc) is 3.07. The molecule has 6 nitrogen and oxygen atoms in total. The van der Waals surface area contributed by atoms with Gasteiger partial charge in [-0.2, -0.15) is 10.2 Å². The number of nitrogens with zero attached hydrogens (tertiary/aromatic N) is 6. The highest BCUT2D eigenvalue weighted by Crippen LogP contribution is 2.25. The second kappa shape index (κ2) is 4.94. The van der Waals surface area contributed by atoms with Crippen molar-refractivity contribution in [3.63, 3.8) is 0 Å². The molecule has 0 saturated heterocycles. The number of aromatic nitrogens is 6. The molecule has 0 saturated carbocycles.